The number of benzene rings is 10. The molecule has 0 N–H and O–H groups in total. The van der Waals surface area contributed by atoms with Gasteiger partial charge in [-0.1, -0.05) is 188 Å². The van der Waals surface area contributed by atoms with Crippen molar-refractivity contribution >= 4 is 63.8 Å². The van der Waals surface area contributed by atoms with Crippen LogP contribution in [-0.2, 0) is 0 Å². The lowest BCUT2D eigenvalue weighted by Crippen LogP contribution is -1.96. The number of aromatic nitrogens is 2. The SMILES string of the molecule is c1ccc(-c2cccc(-c3cc(-c4ccc(-c5ccc6c(c5)sc5ccccc56)cc4)nc(-c4ccc(-c5c6ccccc6cc6c5ccc5ccccc56)cc4)n3)c2)cc1. The highest BCUT2D eigenvalue weighted by Gasteiger charge is 2.16. The normalized spacial score (nSPS) is 11.6. The van der Waals surface area contributed by atoms with Crippen LogP contribution in [0, 0.1) is 0 Å². The maximum Gasteiger partial charge on any atom is 0.160 e. The molecule has 0 saturated heterocycles. The molecule has 2 aromatic heterocycles. The minimum atomic E-state index is 0.692. The van der Waals surface area contributed by atoms with E-state index >= 15 is 0 Å². The predicted molar refractivity (Wildman–Crippen MR) is 260 cm³/mol. The minimum absolute atomic E-state index is 0.692. The number of hydrogen-bond donors (Lipinski definition) is 0. The maximum absolute atomic E-state index is 5.27. The molecule has 0 spiro atoms. The molecule has 0 aliphatic heterocycles. The average molecular weight is 793 g/mol. The van der Waals surface area contributed by atoms with E-state index in [1.54, 1.807) is 0 Å². The molecule has 3 heteroatoms. The highest BCUT2D eigenvalue weighted by Crippen LogP contribution is 2.41. The molecular weight excluding hydrogens is 757 g/mol. The zero-order valence-corrected chi connectivity index (χ0v) is 33.9. The van der Waals surface area contributed by atoms with Crippen LogP contribution in [0.15, 0.2) is 218 Å². The van der Waals surface area contributed by atoms with Crippen molar-refractivity contribution in [3.8, 4) is 67.3 Å². The largest absolute Gasteiger partial charge is 0.228 e. The van der Waals surface area contributed by atoms with Crippen molar-refractivity contribution in [3.05, 3.63) is 218 Å². The Morgan fingerprint density at radius 1 is 0.262 bits per heavy atom. The van der Waals surface area contributed by atoms with E-state index in [-0.39, 0.29) is 0 Å². The van der Waals surface area contributed by atoms with Crippen molar-refractivity contribution < 1.29 is 0 Å². The van der Waals surface area contributed by atoms with Gasteiger partial charge in [-0.3, -0.25) is 0 Å². The highest BCUT2D eigenvalue weighted by molar-refractivity contribution is 7.25. The summed E-state index contributed by atoms with van der Waals surface area (Å²) in [5.41, 5.74) is 11.9. The summed E-state index contributed by atoms with van der Waals surface area (Å²) in [6.45, 7) is 0. The van der Waals surface area contributed by atoms with Crippen LogP contribution in [0.5, 0.6) is 0 Å². The molecule has 0 bridgehead atoms. The van der Waals surface area contributed by atoms with E-state index in [1.165, 1.54) is 74.7 Å². The summed E-state index contributed by atoms with van der Waals surface area (Å²) in [6.07, 6.45) is 0. The van der Waals surface area contributed by atoms with Gasteiger partial charge in [-0.15, -0.1) is 11.3 Å². The second kappa shape index (κ2) is 14.5. The standard InChI is InChI=1S/C58H36N2S/c1-2-11-37(12-3-1)43-15-10-16-46(33-43)54-36-53(40-23-21-38(22-24-40)44-30-31-50-49-19-8-9-20-55(49)61-56(50)35-44)59-58(60-54)42-27-25-41(26-28-42)57-48-18-7-5-14-45(48)34-52-47-17-6-4-13-39(47)29-32-51(52)57/h1-36H. The highest BCUT2D eigenvalue weighted by atomic mass is 32.1. The van der Waals surface area contributed by atoms with Crippen LogP contribution < -0.4 is 0 Å². The van der Waals surface area contributed by atoms with Crippen molar-refractivity contribution in [1.82, 2.24) is 9.97 Å². The molecule has 0 unspecified atom stereocenters. The minimum Gasteiger partial charge on any atom is -0.228 e. The first-order valence-electron chi connectivity index (χ1n) is 20.7. The van der Waals surface area contributed by atoms with E-state index in [0.717, 1.165) is 39.2 Å². The second-order valence-electron chi connectivity index (χ2n) is 15.7. The molecule has 2 nitrogen and oxygen atoms in total. The van der Waals surface area contributed by atoms with Crippen molar-refractivity contribution in [2.75, 3.05) is 0 Å². The predicted octanol–water partition coefficient (Wildman–Crippen LogP) is 16.3. The third-order valence-corrected chi connectivity index (χ3v) is 13.2. The zero-order chi connectivity index (χ0) is 40.3. The molecule has 0 aliphatic rings. The molecule has 0 radical (unpaired) electrons. The molecule has 61 heavy (non-hydrogen) atoms. The van der Waals surface area contributed by atoms with Gasteiger partial charge in [-0.25, -0.2) is 9.97 Å². The van der Waals surface area contributed by atoms with Crippen molar-refractivity contribution in [2.24, 2.45) is 0 Å². The fraction of sp³-hybridized carbons (Fsp3) is 0. The fourth-order valence-corrected chi connectivity index (χ4v) is 10.2. The van der Waals surface area contributed by atoms with E-state index in [1.807, 2.05) is 11.3 Å². The first-order valence-corrected chi connectivity index (χ1v) is 21.5. The molecule has 0 fully saturated rings. The Labute approximate surface area is 357 Å². The van der Waals surface area contributed by atoms with Crippen LogP contribution in [-0.4, -0.2) is 9.97 Å². The quantitative estimate of drug-likeness (QED) is 0.124. The van der Waals surface area contributed by atoms with Crippen molar-refractivity contribution in [3.63, 3.8) is 0 Å². The topological polar surface area (TPSA) is 25.8 Å². The van der Waals surface area contributed by atoms with Crippen LogP contribution in [0.25, 0.3) is 120 Å². The lowest BCUT2D eigenvalue weighted by atomic mass is 9.89. The summed E-state index contributed by atoms with van der Waals surface area (Å²) in [7, 11) is 0. The fourth-order valence-electron chi connectivity index (χ4n) is 9.02. The lowest BCUT2D eigenvalue weighted by Gasteiger charge is -2.15. The van der Waals surface area contributed by atoms with E-state index in [0.29, 0.717) is 5.82 Å². The molecule has 0 aliphatic carbocycles. The maximum atomic E-state index is 5.27. The van der Waals surface area contributed by atoms with Crippen molar-refractivity contribution in [2.45, 2.75) is 0 Å². The summed E-state index contributed by atoms with van der Waals surface area (Å²) >= 11 is 1.85. The molecule has 2 heterocycles. The Kier molecular flexibility index (Phi) is 8.39. The molecule has 12 rings (SSSR count). The van der Waals surface area contributed by atoms with Gasteiger partial charge in [0.1, 0.15) is 0 Å². The third kappa shape index (κ3) is 6.26. The number of hydrogen-bond acceptors (Lipinski definition) is 3. The summed E-state index contributed by atoms with van der Waals surface area (Å²) < 4.78 is 2.62. The van der Waals surface area contributed by atoms with Gasteiger partial charge in [-0.2, -0.15) is 0 Å². The zero-order valence-electron chi connectivity index (χ0n) is 33.1. The number of fused-ring (bicyclic) bond motifs is 7. The van der Waals surface area contributed by atoms with Gasteiger partial charge in [0.05, 0.1) is 11.4 Å². The van der Waals surface area contributed by atoms with Gasteiger partial charge in [0.25, 0.3) is 0 Å². The van der Waals surface area contributed by atoms with Gasteiger partial charge in [-0.05, 0) is 96.0 Å². The third-order valence-electron chi connectivity index (χ3n) is 12.1. The van der Waals surface area contributed by atoms with E-state index in [9.17, 15) is 0 Å². The van der Waals surface area contributed by atoms with Gasteiger partial charge in [0.15, 0.2) is 5.82 Å². The first kappa shape index (κ1) is 35.2. The Bertz CT molecular complexity index is 3620. The molecule has 0 amide bonds. The molecular formula is C58H36N2S. The second-order valence-corrected chi connectivity index (χ2v) is 16.8. The molecule has 10 aromatic carbocycles. The van der Waals surface area contributed by atoms with Crippen LogP contribution in [0.3, 0.4) is 0 Å². The Balaban J connectivity index is 0.965. The Hall–Kier alpha value is -7.72. The molecule has 0 atom stereocenters. The summed E-state index contributed by atoms with van der Waals surface area (Å²) in [4.78, 5) is 10.5. The molecule has 0 saturated carbocycles. The van der Waals surface area contributed by atoms with E-state index in [2.05, 4.69) is 218 Å². The van der Waals surface area contributed by atoms with Gasteiger partial charge in [0, 0.05) is 36.9 Å². The van der Waals surface area contributed by atoms with Crippen LogP contribution in [0.4, 0.5) is 0 Å². The Morgan fingerprint density at radius 2 is 0.820 bits per heavy atom. The molecule has 12 aromatic rings. The first-order chi connectivity index (χ1) is 30.2. The van der Waals surface area contributed by atoms with Crippen LogP contribution >= 0.6 is 11.3 Å². The summed E-state index contributed by atoms with van der Waals surface area (Å²) in [5, 5.41) is 10.1. The monoisotopic (exact) mass is 792 g/mol. The molecule has 284 valence electrons. The summed E-state index contributed by atoms with van der Waals surface area (Å²) in [6, 6.07) is 78.7. The number of nitrogens with zero attached hydrogens (tertiary/aromatic N) is 2. The van der Waals surface area contributed by atoms with Gasteiger partial charge < -0.3 is 0 Å². The smallest absolute Gasteiger partial charge is 0.160 e. The number of rotatable bonds is 6. The summed E-state index contributed by atoms with van der Waals surface area (Å²) in [5.74, 6) is 0.692. The van der Waals surface area contributed by atoms with E-state index < -0.39 is 0 Å². The van der Waals surface area contributed by atoms with Gasteiger partial charge >= 0.3 is 0 Å². The average Bonchev–Trinajstić information content (AvgIpc) is 3.71. The number of thiophene rings is 1. The van der Waals surface area contributed by atoms with Gasteiger partial charge in [0.2, 0.25) is 0 Å². The Morgan fingerprint density at radius 3 is 1.66 bits per heavy atom. The van der Waals surface area contributed by atoms with Crippen LogP contribution in [0.2, 0.25) is 0 Å². The van der Waals surface area contributed by atoms with Crippen LogP contribution in [0.1, 0.15) is 0 Å². The lowest BCUT2D eigenvalue weighted by molar-refractivity contribution is 1.18. The van der Waals surface area contributed by atoms with E-state index in [4.69, 9.17) is 9.97 Å². The van der Waals surface area contributed by atoms with Crippen molar-refractivity contribution in [1.29, 1.82) is 0 Å².